The van der Waals surface area contributed by atoms with Crippen LogP contribution in [0, 0.1) is 13.8 Å². The highest BCUT2D eigenvalue weighted by molar-refractivity contribution is 5.76. The fourth-order valence-electron chi connectivity index (χ4n) is 3.00. The van der Waals surface area contributed by atoms with Gasteiger partial charge in [0, 0.05) is 50.4 Å². The van der Waals surface area contributed by atoms with E-state index in [1.54, 1.807) is 0 Å². The number of rotatable bonds is 3. The number of aryl methyl sites for hydroxylation is 2. The van der Waals surface area contributed by atoms with Gasteiger partial charge in [-0.2, -0.15) is 5.10 Å². The van der Waals surface area contributed by atoms with E-state index >= 15 is 0 Å². The number of aromatic nitrogens is 2. The van der Waals surface area contributed by atoms with Gasteiger partial charge >= 0.3 is 0 Å². The minimum atomic E-state index is 0.249. The van der Waals surface area contributed by atoms with Crippen molar-refractivity contribution in [3.63, 3.8) is 0 Å². The van der Waals surface area contributed by atoms with Crippen LogP contribution in [0.5, 0.6) is 0 Å². The summed E-state index contributed by atoms with van der Waals surface area (Å²) < 4.78 is 1.93. The molecule has 5 nitrogen and oxygen atoms in total. The number of carbonyl (C=O) groups excluding carboxylic acids is 1. The van der Waals surface area contributed by atoms with E-state index in [2.05, 4.69) is 31.2 Å². The molecule has 1 aromatic heterocycles. The summed E-state index contributed by atoms with van der Waals surface area (Å²) in [5.41, 5.74) is 3.57. The summed E-state index contributed by atoms with van der Waals surface area (Å²) in [5, 5.41) is 8.10. The van der Waals surface area contributed by atoms with Gasteiger partial charge in [-0.05, 0) is 27.2 Å². The SMILES string of the molecule is Cc1nn(C)c(C)c1C(C)NC1CCC(=O)N(C)C1. The van der Waals surface area contributed by atoms with Gasteiger partial charge in [0.05, 0.1) is 5.69 Å². The van der Waals surface area contributed by atoms with Crippen LogP contribution < -0.4 is 5.32 Å². The largest absolute Gasteiger partial charge is 0.344 e. The molecule has 2 unspecified atom stereocenters. The molecule has 0 aliphatic carbocycles. The number of likely N-dealkylation sites (N-methyl/N-ethyl adjacent to an activating group) is 1. The number of nitrogens with zero attached hydrogens (tertiary/aromatic N) is 3. The molecule has 5 heteroatoms. The second kappa shape index (κ2) is 5.33. The second-order valence-corrected chi connectivity index (χ2v) is 5.61. The standard InChI is InChI=1S/C14H24N4O/c1-9(14-10(2)16-18(5)11(14)3)15-12-6-7-13(19)17(4)8-12/h9,12,15H,6-8H2,1-5H3. The average molecular weight is 264 g/mol. The fourth-order valence-corrected chi connectivity index (χ4v) is 3.00. The molecule has 2 rings (SSSR count). The first-order chi connectivity index (χ1) is 8.90. The van der Waals surface area contributed by atoms with Crippen LogP contribution in [0.25, 0.3) is 0 Å². The van der Waals surface area contributed by atoms with Crippen LogP contribution in [0.2, 0.25) is 0 Å². The maximum Gasteiger partial charge on any atom is 0.222 e. The van der Waals surface area contributed by atoms with Gasteiger partial charge in [0.25, 0.3) is 0 Å². The molecule has 0 aromatic carbocycles. The Hall–Kier alpha value is -1.36. The van der Waals surface area contributed by atoms with Gasteiger partial charge in [0.15, 0.2) is 0 Å². The number of hydrogen-bond acceptors (Lipinski definition) is 3. The third kappa shape index (κ3) is 2.81. The summed E-state index contributed by atoms with van der Waals surface area (Å²) >= 11 is 0. The van der Waals surface area contributed by atoms with Crippen molar-refractivity contribution in [2.45, 2.75) is 45.7 Å². The predicted octanol–water partition coefficient (Wildman–Crippen LogP) is 1.31. The quantitative estimate of drug-likeness (QED) is 0.895. The van der Waals surface area contributed by atoms with Crippen molar-refractivity contribution < 1.29 is 4.79 Å². The van der Waals surface area contributed by atoms with Gasteiger partial charge in [0.2, 0.25) is 5.91 Å². The van der Waals surface area contributed by atoms with Gasteiger partial charge in [0.1, 0.15) is 0 Å². The lowest BCUT2D eigenvalue weighted by molar-refractivity contribution is -0.132. The van der Waals surface area contributed by atoms with E-state index in [1.807, 2.05) is 23.7 Å². The summed E-state index contributed by atoms with van der Waals surface area (Å²) in [6.07, 6.45) is 1.57. The Morgan fingerprint density at radius 2 is 2.05 bits per heavy atom. The average Bonchev–Trinajstić information content (AvgIpc) is 2.58. The van der Waals surface area contributed by atoms with Crippen molar-refractivity contribution in [3.8, 4) is 0 Å². The maximum atomic E-state index is 11.5. The lowest BCUT2D eigenvalue weighted by Crippen LogP contribution is -2.47. The van der Waals surface area contributed by atoms with Crippen LogP contribution in [-0.4, -0.2) is 40.2 Å². The van der Waals surface area contributed by atoms with Crippen LogP contribution in [0.3, 0.4) is 0 Å². The summed E-state index contributed by atoms with van der Waals surface area (Å²) in [6.45, 7) is 7.12. The summed E-state index contributed by atoms with van der Waals surface area (Å²) in [4.78, 5) is 13.3. The molecule has 0 spiro atoms. The van der Waals surface area contributed by atoms with E-state index < -0.39 is 0 Å². The number of nitrogens with one attached hydrogen (secondary N) is 1. The van der Waals surface area contributed by atoms with E-state index in [9.17, 15) is 4.79 Å². The van der Waals surface area contributed by atoms with Crippen LogP contribution in [-0.2, 0) is 11.8 Å². The van der Waals surface area contributed by atoms with E-state index in [4.69, 9.17) is 0 Å². The number of hydrogen-bond donors (Lipinski definition) is 1. The van der Waals surface area contributed by atoms with Crippen LogP contribution in [0.4, 0.5) is 0 Å². The van der Waals surface area contributed by atoms with Crippen LogP contribution in [0.1, 0.15) is 42.8 Å². The van der Waals surface area contributed by atoms with Crippen molar-refractivity contribution >= 4 is 5.91 Å². The smallest absolute Gasteiger partial charge is 0.222 e. The van der Waals surface area contributed by atoms with Gasteiger partial charge in [-0.1, -0.05) is 0 Å². The summed E-state index contributed by atoms with van der Waals surface area (Å²) in [7, 11) is 3.85. The Morgan fingerprint density at radius 1 is 1.37 bits per heavy atom. The molecule has 1 aromatic rings. The monoisotopic (exact) mass is 264 g/mol. The van der Waals surface area contributed by atoms with Crippen LogP contribution >= 0.6 is 0 Å². The molecule has 2 atom stereocenters. The Morgan fingerprint density at radius 3 is 2.58 bits per heavy atom. The molecule has 0 bridgehead atoms. The first-order valence-electron chi connectivity index (χ1n) is 6.90. The van der Waals surface area contributed by atoms with Crippen molar-refractivity contribution in [2.75, 3.05) is 13.6 Å². The van der Waals surface area contributed by atoms with Gasteiger partial charge < -0.3 is 10.2 Å². The van der Waals surface area contributed by atoms with Gasteiger partial charge in [-0.15, -0.1) is 0 Å². The number of piperidine rings is 1. The summed E-state index contributed by atoms with van der Waals surface area (Å²) in [6, 6.07) is 0.636. The molecule has 1 saturated heterocycles. The minimum absolute atomic E-state index is 0.249. The van der Waals surface area contributed by atoms with Gasteiger partial charge in [-0.3, -0.25) is 9.48 Å². The van der Waals surface area contributed by atoms with E-state index in [-0.39, 0.29) is 11.9 Å². The maximum absolute atomic E-state index is 11.5. The molecule has 1 fully saturated rings. The Kier molecular flexibility index (Phi) is 3.94. The molecule has 1 aliphatic rings. The highest BCUT2D eigenvalue weighted by atomic mass is 16.2. The molecule has 0 saturated carbocycles. The molecule has 1 N–H and O–H groups in total. The van der Waals surface area contributed by atoms with Crippen molar-refractivity contribution in [1.82, 2.24) is 20.0 Å². The number of likely N-dealkylation sites (tertiary alicyclic amines) is 1. The Labute approximate surface area is 115 Å². The molecule has 2 heterocycles. The van der Waals surface area contributed by atoms with E-state index in [0.29, 0.717) is 12.5 Å². The first-order valence-corrected chi connectivity index (χ1v) is 6.90. The molecule has 1 amide bonds. The lowest BCUT2D eigenvalue weighted by Gasteiger charge is -2.32. The van der Waals surface area contributed by atoms with E-state index in [1.165, 1.54) is 11.3 Å². The topological polar surface area (TPSA) is 50.2 Å². The number of carbonyl (C=O) groups is 1. The predicted molar refractivity (Wildman–Crippen MR) is 74.9 cm³/mol. The lowest BCUT2D eigenvalue weighted by atomic mass is 10.0. The zero-order valence-corrected chi connectivity index (χ0v) is 12.5. The number of amides is 1. The molecule has 106 valence electrons. The molecule has 1 aliphatic heterocycles. The molecular formula is C14H24N4O. The second-order valence-electron chi connectivity index (χ2n) is 5.61. The van der Waals surface area contributed by atoms with E-state index in [0.717, 1.165) is 18.7 Å². The third-order valence-electron chi connectivity index (χ3n) is 4.11. The Bertz CT molecular complexity index is 480. The highest BCUT2D eigenvalue weighted by Crippen LogP contribution is 2.22. The molecular weight excluding hydrogens is 240 g/mol. The van der Waals surface area contributed by atoms with Crippen LogP contribution in [0.15, 0.2) is 0 Å². The highest BCUT2D eigenvalue weighted by Gasteiger charge is 2.25. The van der Waals surface area contributed by atoms with Crippen molar-refractivity contribution in [3.05, 3.63) is 17.0 Å². The molecule has 19 heavy (non-hydrogen) atoms. The zero-order valence-electron chi connectivity index (χ0n) is 12.5. The first kappa shape index (κ1) is 14.1. The Balaban J connectivity index is 2.05. The fraction of sp³-hybridized carbons (Fsp3) is 0.714. The summed E-state index contributed by atoms with van der Waals surface area (Å²) in [5.74, 6) is 0.249. The third-order valence-corrected chi connectivity index (χ3v) is 4.11. The zero-order chi connectivity index (χ0) is 14.2. The minimum Gasteiger partial charge on any atom is -0.344 e. The van der Waals surface area contributed by atoms with Gasteiger partial charge in [-0.25, -0.2) is 0 Å². The van der Waals surface area contributed by atoms with Crippen molar-refractivity contribution in [1.29, 1.82) is 0 Å². The van der Waals surface area contributed by atoms with Crippen molar-refractivity contribution in [2.24, 2.45) is 7.05 Å². The molecule has 0 radical (unpaired) electrons. The normalized spacial score (nSPS) is 21.8.